The van der Waals surface area contributed by atoms with E-state index in [1.165, 1.54) is 37.7 Å². The highest BCUT2D eigenvalue weighted by Gasteiger charge is 2.12. The number of allylic oxidation sites excluding steroid dienone is 4. The smallest absolute Gasteiger partial charge is 0.0295 e. The first-order chi connectivity index (χ1) is 6.72. The molecule has 0 saturated carbocycles. The van der Waals surface area contributed by atoms with Crippen LogP contribution in [-0.4, -0.2) is 3.92 Å². The van der Waals surface area contributed by atoms with Crippen molar-refractivity contribution in [2.24, 2.45) is 5.92 Å². The van der Waals surface area contributed by atoms with Crippen molar-refractivity contribution in [2.75, 3.05) is 0 Å². The number of alkyl halides is 1. The highest BCUT2D eigenvalue weighted by molar-refractivity contribution is 14.1. The lowest BCUT2D eigenvalue weighted by atomic mass is 9.91. The molecule has 1 aliphatic rings. The number of hydrogen-bond acceptors (Lipinski definition) is 0. The van der Waals surface area contributed by atoms with Crippen LogP contribution in [0.25, 0.3) is 0 Å². The standard InChI is InChI=1S/C13H21I/c1-3-4-5-12-8-6-11(2)7-9-13(14)10-12/h6-7,9,12-13H,3-5,8,10H2,1-2H3/b9-7-,11-6-. The van der Waals surface area contributed by atoms with E-state index in [0.717, 1.165) is 9.84 Å². The quantitative estimate of drug-likeness (QED) is 0.514. The third kappa shape index (κ3) is 4.63. The Balaban J connectivity index is 2.49. The van der Waals surface area contributed by atoms with Gasteiger partial charge in [-0.25, -0.2) is 0 Å². The summed E-state index contributed by atoms with van der Waals surface area (Å²) in [7, 11) is 0. The maximum atomic E-state index is 2.56. The van der Waals surface area contributed by atoms with Crippen LogP contribution in [0, 0.1) is 5.92 Å². The molecule has 0 saturated heterocycles. The molecule has 0 aliphatic heterocycles. The lowest BCUT2D eigenvalue weighted by molar-refractivity contribution is 0.447. The number of hydrogen-bond donors (Lipinski definition) is 0. The van der Waals surface area contributed by atoms with Gasteiger partial charge in [-0.15, -0.1) is 0 Å². The van der Waals surface area contributed by atoms with Crippen LogP contribution in [0.1, 0.15) is 46.0 Å². The minimum atomic E-state index is 0.734. The van der Waals surface area contributed by atoms with Crippen molar-refractivity contribution < 1.29 is 0 Å². The van der Waals surface area contributed by atoms with E-state index in [1.807, 2.05) is 0 Å². The van der Waals surface area contributed by atoms with Gasteiger partial charge in [0, 0.05) is 3.92 Å². The lowest BCUT2D eigenvalue weighted by Crippen LogP contribution is -2.07. The molecule has 0 spiro atoms. The first-order valence-electron chi connectivity index (χ1n) is 5.71. The van der Waals surface area contributed by atoms with Gasteiger partial charge in [-0.3, -0.25) is 0 Å². The summed E-state index contributed by atoms with van der Waals surface area (Å²) in [5, 5.41) is 0. The molecule has 2 atom stereocenters. The minimum absolute atomic E-state index is 0.734. The summed E-state index contributed by atoms with van der Waals surface area (Å²) in [5.74, 6) is 0.914. The Morgan fingerprint density at radius 2 is 2.29 bits per heavy atom. The van der Waals surface area contributed by atoms with Gasteiger partial charge in [0.15, 0.2) is 0 Å². The molecule has 0 N–H and O–H groups in total. The Kier molecular flexibility index (Phi) is 5.83. The molecule has 1 aliphatic carbocycles. The zero-order chi connectivity index (χ0) is 10.4. The molecule has 0 heterocycles. The van der Waals surface area contributed by atoms with E-state index in [9.17, 15) is 0 Å². The minimum Gasteiger partial charge on any atom is -0.0813 e. The average Bonchev–Trinajstić information content (AvgIpc) is 2.16. The van der Waals surface area contributed by atoms with Gasteiger partial charge in [0.05, 0.1) is 0 Å². The van der Waals surface area contributed by atoms with Gasteiger partial charge in [-0.1, -0.05) is 72.6 Å². The first kappa shape index (κ1) is 12.3. The maximum absolute atomic E-state index is 2.56. The summed E-state index contributed by atoms with van der Waals surface area (Å²) >= 11 is 2.56. The van der Waals surface area contributed by atoms with Crippen LogP contribution in [0.5, 0.6) is 0 Å². The summed E-state index contributed by atoms with van der Waals surface area (Å²) in [6.45, 7) is 4.49. The molecule has 0 fully saturated rings. The highest BCUT2D eigenvalue weighted by atomic mass is 127. The molecule has 0 bridgehead atoms. The second kappa shape index (κ2) is 6.65. The zero-order valence-corrected chi connectivity index (χ0v) is 11.5. The van der Waals surface area contributed by atoms with Crippen molar-refractivity contribution in [1.82, 2.24) is 0 Å². The number of halogens is 1. The van der Waals surface area contributed by atoms with E-state index in [1.54, 1.807) is 0 Å². The Hall–Kier alpha value is 0.210. The lowest BCUT2D eigenvalue weighted by Gasteiger charge is -2.18. The van der Waals surface area contributed by atoms with Gasteiger partial charge < -0.3 is 0 Å². The molecule has 0 aromatic heterocycles. The van der Waals surface area contributed by atoms with Crippen molar-refractivity contribution in [1.29, 1.82) is 0 Å². The summed E-state index contributed by atoms with van der Waals surface area (Å²) in [4.78, 5) is 0. The summed E-state index contributed by atoms with van der Waals surface area (Å²) in [5.41, 5.74) is 1.44. The van der Waals surface area contributed by atoms with E-state index in [2.05, 4.69) is 54.7 Å². The van der Waals surface area contributed by atoms with Crippen LogP contribution in [0.15, 0.2) is 23.8 Å². The van der Waals surface area contributed by atoms with Crippen LogP contribution in [0.4, 0.5) is 0 Å². The molecular weight excluding hydrogens is 283 g/mol. The zero-order valence-electron chi connectivity index (χ0n) is 9.30. The van der Waals surface area contributed by atoms with E-state index in [-0.39, 0.29) is 0 Å². The summed E-state index contributed by atoms with van der Waals surface area (Å²) in [6.07, 6.45) is 13.8. The summed E-state index contributed by atoms with van der Waals surface area (Å²) in [6, 6.07) is 0. The van der Waals surface area contributed by atoms with Crippen LogP contribution in [0.3, 0.4) is 0 Å². The monoisotopic (exact) mass is 304 g/mol. The Morgan fingerprint density at radius 1 is 1.50 bits per heavy atom. The van der Waals surface area contributed by atoms with Gasteiger partial charge in [0.2, 0.25) is 0 Å². The van der Waals surface area contributed by atoms with Gasteiger partial charge >= 0.3 is 0 Å². The van der Waals surface area contributed by atoms with Crippen molar-refractivity contribution in [3.05, 3.63) is 23.8 Å². The third-order valence-electron chi connectivity index (χ3n) is 2.87. The Bertz CT molecular complexity index is 215. The third-order valence-corrected chi connectivity index (χ3v) is 3.79. The van der Waals surface area contributed by atoms with Gasteiger partial charge in [-0.05, 0) is 25.7 Å². The van der Waals surface area contributed by atoms with E-state index >= 15 is 0 Å². The van der Waals surface area contributed by atoms with E-state index < -0.39 is 0 Å². The van der Waals surface area contributed by atoms with Crippen molar-refractivity contribution >= 4 is 22.6 Å². The van der Waals surface area contributed by atoms with Gasteiger partial charge in [0.25, 0.3) is 0 Å². The largest absolute Gasteiger partial charge is 0.0813 e. The van der Waals surface area contributed by atoms with Crippen molar-refractivity contribution in [3.63, 3.8) is 0 Å². The van der Waals surface area contributed by atoms with Crippen LogP contribution >= 0.6 is 22.6 Å². The Morgan fingerprint density at radius 3 is 3.00 bits per heavy atom. The first-order valence-corrected chi connectivity index (χ1v) is 6.96. The molecule has 14 heavy (non-hydrogen) atoms. The van der Waals surface area contributed by atoms with Crippen molar-refractivity contribution in [3.8, 4) is 0 Å². The number of rotatable bonds is 3. The van der Waals surface area contributed by atoms with Crippen LogP contribution < -0.4 is 0 Å². The SMILES string of the molecule is CCCCC1C/C=C(C)\C=C/C(I)C1. The fraction of sp³-hybridized carbons (Fsp3) is 0.692. The molecule has 0 aromatic carbocycles. The average molecular weight is 304 g/mol. The van der Waals surface area contributed by atoms with Crippen molar-refractivity contribution in [2.45, 2.75) is 49.9 Å². The van der Waals surface area contributed by atoms with E-state index in [0.29, 0.717) is 0 Å². The highest BCUT2D eigenvalue weighted by Crippen LogP contribution is 2.26. The molecular formula is C13H21I. The van der Waals surface area contributed by atoms with E-state index in [4.69, 9.17) is 0 Å². The van der Waals surface area contributed by atoms with Gasteiger partial charge in [0.1, 0.15) is 0 Å². The second-order valence-electron chi connectivity index (χ2n) is 4.30. The van der Waals surface area contributed by atoms with Gasteiger partial charge in [-0.2, -0.15) is 0 Å². The topological polar surface area (TPSA) is 0 Å². The molecule has 0 amide bonds. The molecule has 0 radical (unpaired) electrons. The molecule has 0 aromatic rings. The number of unbranched alkanes of at least 4 members (excludes halogenated alkanes) is 1. The predicted molar refractivity (Wildman–Crippen MR) is 73.0 cm³/mol. The van der Waals surface area contributed by atoms with Crippen LogP contribution in [-0.2, 0) is 0 Å². The molecule has 1 heteroatoms. The molecule has 0 nitrogen and oxygen atoms in total. The van der Waals surface area contributed by atoms with Crippen LogP contribution in [0.2, 0.25) is 0 Å². The fourth-order valence-corrected chi connectivity index (χ4v) is 2.83. The predicted octanol–water partition coefficient (Wildman–Crippen LogP) is 4.89. The molecule has 80 valence electrons. The Labute approximate surface area is 102 Å². The molecule has 1 rings (SSSR count). The second-order valence-corrected chi connectivity index (χ2v) is 5.90. The normalized spacial score (nSPS) is 34.1. The maximum Gasteiger partial charge on any atom is 0.0295 e. The molecule has 2 unspecified atom stereocenters. The summed E-state index contributed by atoms with van der Waals surface area (Å²) < 4.78 is 0.734. The fourth-order valence-electron chi connectivity index (χ4n) is 1.90.